The van der Waals surface area contributed by atoms with Gasteiger partial charge < -0.3 is 20.1 Å². The summed E-state index contributed by atoms with van der Waals surface area (Å²) in [6.45, 7) is 14.7. The van der Waals surface area contributed by atoms with Crippen molar-refractivity contribution < 1.29 is 14.6 Å². The summed E-state index contributed by atoms with van der Waals surface area (Å²) in [6, 6.07) is 11.7. The van der Waals surface area contributed by atoms with E-state index in [-0.39, 0.29) is 11.9 Å². The van der Waals surface area contributed by atoms with Crippen LogP contribution in [0, 0.1) is 27.7 Å². The molecule has 6 nitrogen and oxygen atoms in total. The van der Waals surface area contributed by atoms with Crippen molar-refractivity contribution in [2.45, 2.75) is 97.5 Å². The molecule has 6 heteroatoms. The topological polar surface area (TPSA) is 65.0 Å². The standard InChI is InChI=1S/C32H47N3O3/c1-8-34(7)18-29(36)19-38-31-14-13-30(22(4)23(31)5)24(6)35-27-11-12-28(35)17-26(16-27)33-32(37)25-10-9-20(2)21(3)15-25/h9-10,13-15,24,26-29,36H,8,11-12,16-19H2,1-7H3,(H,33,37). The van der Waals surface area contributed by atoms with Crippen LogP contribution in [-0.2, 0) is 0 Å². The third-order valence-electron chi connectivity index (χ3n) is 9.06. The fourth-order valence-electron chi connectivity index (χ4n) is 6.43. The number of nitrogens with one attached hydrogen (secondary N) is 1. The van der Waals surface area contributed by atoms with Gasteiger partial charge in [0.05, 0.1) is 0 Å². The quantitative estimate of drug-likeness (QED) is 0.456. The first-order valence-electron chi connectivity index (χ1n) is 14.3. The van der Waals surface area contributed by atoms with Gasteiger partial charge in [0.15, 0.2) is 0 Å². The van der Waals surface area contributed by atoms with Gasteiger partial charge in [-0.05, 0) is 120 Å². The Morgan fingerprint density at radius 2 is 1.76 bits per heavy atom. The summed E-state index contributed by atoms with van der Waals surface area (Å²) in [6.07, 6.45) is 3.87. The number of nitrogens with zero attached hydrogens (tertiary/aromatic N) is 2. The van der Waals surface area contributed by atoms with Crippen LogP contribution in [-0.4, -0.2) is 71.8 Å². The zero-order chi connectivity index (χ0) is 27.6. The highest BCUT2D eigenvalue weighted by Gasteiger charge is 2.43. The third kappa shape index (κ3) is 6.24. The number of amides is 1. The second-order valence-electron chi connectivity index (χ2n) is 11.7. The number of piperidine rings is 1. The van der Waals surface area contributed by atoms with Crippen molar-refractivity contribution in [3.8, 4) is 5.75 Å². The Balaban J connectivity index is 1.39. The number of aliphatic hydroxyl groups is 1. The number of likely N-dealkylation sites (N-methyl/N-ethyl adjacent to an activating group) is 1. The Hall–Kier alpha value is -2.41. The number of hydrogen-bond donors (Lipinski definition) is 2. The molecule has 0 aromatic heterocycles. The molecule has 2 N–H and O–H groups in total. The molecule has 0 radical (unpaired) electrons. The van der Waals surface area contributed by atoms with E-state index in [1.54, 1.807) is 0 Å². The highest BCUT2D eigenvalue weighted by atomic mass is 16.5. The van der Waals surface area contributed by atoms with Gasteiger partial charge in [-0.2, -0.15) is 0 Å². The predicted octanol–water partition coefficient (Wildman–Crippen LogP) is 5.10. The van der Waals surface area contributed by atoms with Gasteiger partial charge in [0.2, 0.25) is 0 Å². The van der Waals surface area contributed by atoms with Crippen LogP contribution in [0.5, 0.6) is 5.75 Å². The number of fused-ring (bicyclic) bond motifs is 2. The molecule has 2 heterocycles. The van der Waals surface area contributed by atoms with Crippen LogP contribution in [0.4, 0.5) is 0 Å². The summed E-state index contributed by atoms with van der Waals surface area (Å²) in [7, 11) is 2.00. The van der Waals surface area contributed by atoms with E-state index in [1.807, 2.05) is 25.2 Å². The molecule has 0 aliphatic carbocycles. The van der Waals surface area contributed by atoms with Gasteiger partial charge >= 0.3 is 0 Å². The number of ether oxygens (including phenoxy) is 1. The summed E-state index contributed by atoms with van der Waals surface area (Å²) < 4.78 is 6.03. The van der Waals surface area contributed by atoms with Crippen LogP contribution in [0.1, 0.15) is 83.7 Å². The van der Waals surface area contributed by atoms with Gasteiger partial charge in [0, 0.05) is 36.3 Å². The normalized spacial score (nSPS) is 22.9. The van der Waals surface area contributed by atoms with E-state index in [9.17, 15) is 9.90 Å². The lowest BCUT2D eigenvalue weighted by Gasteiger charge is -2.43. The second-order valence-corrected chi connectivity index (χ2v) is 11.7. The molecule has 1 amide bonds. The molecule has 0 saturated carbocycles. The van der Waals surface area contributed by atoms with Gasteiger partial charge in [-0.25, -0.2) is 0 Å². The number of rotatable bonds is 10. The van der Waals surface area contributed by atoms with Crippen molar-refractivity contribution in [3.63, 3.8) is 0 Å². The highest BCUT2D eigenvalue weighted by molar-refractivity contribution is 5.94. The molecule has 2 aromatic rings. The van der Waals surface area contributed by atoms with Crippen molar-refractivity contribution in [2.75, 3.05) is 26.7 Å². The minimum absolute atomic E-state index is 0.0486. The molecule has 38 heavy (non-hydrogen) atoms. The van der Waals surface area contributed by atoms with E-state index < -0.39 is 6.10 Å². The fraction of sp³-hybridized carbons (Fsp3) is 0.594. The van der Waals surface area contributed by atoms with Gasteiger partial charge in [-0.1, -0.05) is 19.1 Å². The van der Waals surface area contributed by atoms with E-state index in [2.05, 4.69) is 68.8 Å². The van der Waals surface area contributed by atoms with Crippen molar-refractivity contribution in [2.24, 2.45) is 0 Å². The van der Waals surface area contributed by atoms with Crippen LogP contribution in [0.3, 0.4) is 0 Å². The molecule has 2 bridgehead atoms. The Labute approximate surface area is 229 Å². The molecule has 4 rings (SSSR count). The Kier molecular flexibility index (Phi) is 9.17. The molecule has 0 spiro atoms. The third-order valence-corrected chi connectivity index (χ3v) is 9.06. The average Bonchev–Trinajstić information content (AvgIpc) is 3.16. The molecule has 2 saturated heterocycles. The van der Waals surface area contributed by atoms with E-state index >= 15 is 0 Å². The first kappa shape index (κ1) is 28.6. The van der Waals surface area contributed by atoms with E-state index in [0.717, 1.165) is 41.8 Å². The number of aryl methyl sites for hydroxylation is 2. The fourth-order valence-corrected chi connectivity index (χ4v) is 6.43. The maximum absolute atomic E-state index is 13.0. The Morgan fingerprint density at radius 3 is 2.39 bits per heavy atom. The van der Waals surface area contributed by atoms with Gasteiger partial charge in [0.25, 0.3) is 5.91 Å². The molecular weight excluding hydrogens is 474 g/mol. The summed E-state index contributed by atoms with van der Waals surface area (Å²) in [5.41, 5.74) is 6.88. The summed E-state index contributed by atoms with van der Waals surface area (Å²) in [5.74, 6) is 0.903. The zero-order valence-corrected chi connectivity index (χ0v) is 24.4. The van der Waals surface area contributed by atoms with E-state index in [0.29, 0.717) is 31.3 Å². The van der Waals surface area contributed by atoms with Crippen molar-refractivity contribution in [3.05, 3.63) is 63.7 Å². The molecule has 4 unspecified atom stereocenters. The lowest BCUT2D eigenvalue weighted by molar-refractivity contribution is 0.0687. The van der Waals surface area contributed by atoms with Crippen molar-refractivity contribution in [1.82, 2.24) is 15.1 Å². The highest BCUT2D eigenvalue weighted by Crippen LogP contribution is 2.43. The first-order chi connectivity index (χ1) is 18.1. The van der Waals surface area contributed by atoms with E-state index in [4.69, 9.17) is 4.74 Å². The molecule has 2 aliphatic heterocycles. The van der Waals surface area contributed by atoms with Gasteiger partial charge in [0.1, 0.15) is 18.5 Å². The van der Waals surface area contributed by atoms with Crippen LogP contribution in [0.25, 0.3) is 0 Å². The second kappa shape index (κ2) is 12.2. The Morgan fingerprint density at radius 1 is 1.08 bits per heavy atom. The van der Waals surface area contributed by atoms with Crippen molar-refractivity contribution in [1.29, 1.82) is 0 Å². The molecule has 2 aromatic carbocycles. The van der Waals surface area contributed by atoms with Crippen LogP contribution in [0.2, 0.25) is 0 Å². The predicted molar refractivity (Wildman–Crippen MR) is 154 cm³/mol. The minimum Gasteiger partial charge on any atom is -0.491 e. The average molecular weight is 522 g/mol. The molecule has 4 atom stereocenters. The van der Waals surface area contributed by atoms with Crippen molar-refractivity contribution >= 4 is 5.91 Å². The van der Waals surface area contributed by atoms with Crippen LogP contribution in [0.15, 0.2) is 30.3 Å². The Bertz CT molecular complexity index is 1120. The van der Waals surface area contributed by atoms with E-state index in [1.165, 1.54) is 29.5 Å². The largest absolute Gasteiger partial charge is 0.491 e. The number of carbonyl (C=O) groups is 1. The first-order valence-corrected chi connectivity index (χ1v) is 14.3. The monoisotopic (exact) mass is 521 g/mol. The van der Waals surface area contributed by atoms with Gasteiger partial charge in [-0.3, -0.25) is 9.69 Å². The minimum atomic E-state index is -0.509. The maximum atomic E-state index is 13.0. The maximum Gasteiger partial charge on any atom is 0.251 e. The zero-order valence-electron chi connectivity index (χ0n) is 24.4. The smallest absolute Gasteiger partial charge is 0.251 e. The van der Waals surface area contributed by atoms with Crippen LogP contribution >= 0.6 is 0 Å². The number of hydrogen-bond acceptors (Lipinski definition) is 5. The molecule has 2 aliphatic rings. The number of aliphatic hydroxyl groups excluding tert-OH is 1. The number of carbonyl (C=O) groups excluding carboxylic acids is 1. The molecule has 208 valence electrons. The van der Waals surface area contributed by atoms with Gasteiger partial charge in [-0.15, -0.1) is 0 Å². The molecular formula is C32H47N3O3. The lowest BCUT2D eigenvalue weighted by Crippen LogP contribution is -2.51. The van der Waals surface area contributed by atoms with Crippen LogP contribution < -0.4 is 10.1 Å². The summed E-state index contributed by atoms with van der Waals surface area (Å²) in [4.78, 5) is 17.8. The SMILES string of the molecule is CCN(C)CC(O)COc1ccc(C(C)N2C3CCC2CC(NC(=O)c2ccc(C)c(C)c2)C3)c(C)c1C. The number of benzene rings is 2. The summed E-state index contributed by atoms with van der Waals surface area (Å²) >= 11 is 0. The molecule has 2 fully saturated rings. The lowest BCUT2D eigenvalue weighted by atomic mass is 9.91. The summed E-state index contributed by atoms with van der Waals surface area (Å²) in [5, 5.41) is 13.7.